The van der Waals surface area contributed by atoms with Crippen molar-refractivity contribution in [1.29, 1.82) is 0 Å². The van der Waals surface area contributed by atoms with Gasteiger partial charge in [0.25, 0.3) is 5.91 Å². The van der Waals surface area contributed by atoms with E-state index >= 15 is 0 Å². The van der Waals surface area contributed by atoms with E-state index in [0.717, 1.165) is 27.9 Å². The van der Waals surface area contributed by atoms with E-state index in [0.29, 0.717) is 0 Å². The molecule has 0 spiro atoms. The number of hydrogen-bond acceptors (Lipinski definition) is 3. The Morgan fingerprint density at radius 2 is 2.28 bits per heavy atom. The van der Waals surface area contributed by atoms with Gasteiger partial charge in [-0.15, -0.1) is 0 Å². The summed E-state index contributed by atoms with van der Waals surface area (Å²) in [5, 5.41) is 5.90. The summed E-state index contributed by atoms with van der Waals surface area (Å²) in [6.45, 7) is 3.71. The monoisotopic (exact) mass is 308 g/mol. The van der Waals surface area contributed by atoms with Crippen LogP contribution in [-0.4, -0.2) is 22.7 Å². The molecule has 0 N–H and O–H groups in total. The highest BCUT2D eigenvalue weighted by molar-refractivity contribution is 9.10. The van der Waals surface area contributed by atoms with Gasteiger partial charge in [-0.05, 0) is 32.0 Å². The van der Waals surface area contributed by atoms with Crippen LogP contribution in [0.15, 0.2) is 27.8 Å². The average Bonchev–Trinajstić information content (AvgIpc) is 2.68. The largest absolute Gasteiger partial charge is 0.480 e. The summed E-state index contributed by atoms with van der Waals surface area (Å²) in [6, 6.07) is 5.80. The molecule has 0 aromatic heterocycles. The Morgan fingerprint density at radius 3 is 3.06 bits per heavy atom. The molecule has 0 fully saturated rings. The number of benzene rings is 1. The second kappa shape index (κ2) is 4.09. The number of hydrogen-bond donors (Lipinski definition) is 0. The number of halogens is 1. The average molecular weight is 309 g/mol. The molecule has 94 valence electrons. The molecule has 2 heterocycles. The van der Waals surface area contributed by atoms with Gasteiger partial charge < -0.3 is 4.74 Å². The summed E-state index contributed by atoms with van der Waals surface area (Å²) in [4.78, 5) is 12.2. The third kappa shape index (κ3) is 1.73. The van der Waals surface area contributed by atoms with E-state index in [1.54, 1.807) is 11.9 Å². The molecule has 2 unspecified atom stereocenters. The quantitative estimate of drug-likeness (QED) is 0.739. The molecule has 0 radical (unpaired) electrons. The third-order valence-corrected chi connectivity index (χ3v) is 3.76. The van der Waals surface area contributed by atoms with Crippen LogP contribution in [0.4, 0.5) is 0 Å². The highest BCUT2D eigenvalue weighted by Crippen LogP contribution is 2.40. The lowest BCUT2D eigenvalue weighted by molar-refractivity contribution is -0.138. The first kappa shape index (κ1) is 11.7. The fraction of sp³-hybridized carbons (Fsp3) is 0.385. The number of nitrogens with zero attached hydrogens (tertiary/aromatic N) is 2. The van der Waals surface area contributed by atoms with Crippen LogP contribution in [0.2, 0.25) is 0 Å². The molecule has 0 saturated carbocycles. The zero-order valence-corrected chi connectivity index (χ0v) is 11.8. The van der Waals surface area contributed by atoms with Crippen molar-refractivity contribution in [3.05, 3.63) is 28.2 Å². The lowest BCUT2D eigenvalue weighted by Crippen LogP contribution is -2.34. The lowest BCUT2D eigenvalue weighted by atomic mass is 10.0. The summed E-state index contributed by atoms with van der Waals surface area (Å²) >= 11 is 3.46. The summed E-state index contributed by atoms with van der Waals surface area (Å²) in [5.74, 6) is 0.695. The third-order valence-electron chi connectivity index (χ3n) is 3.27. The molecule has 5 heteroatoms. The number of fused-ring (bicyclic) bond motifs is 3. The Hall–Kier alpha value is -1.36. The first-order chi connectivity index (χ1) is 8.56. The summed E-state index contributed by atoms with van der Waals surface area (Å²) in [7, 11) is 0. The molecule has 1 aromatic rings. The molecule has 3 rings (SSSR count). The SMILES string of the molecule is CC1=NN2C(=O)C(C)Oc3ccc(Br)cc3C2C1. The number of rotatable bonds is 0. The van der Waals surface area contributed by atoms with E-state index in [-0.39, 0.29) is 11.9 Å². The lowest BCUT2D eigenvalue weighted by Gasteiger charge is -2.19. The molecule has 0 bridgehead atoms. The van der Waals surface area contributed by atoms with Crippen LogP contribution in [0.25, 0.3) is 0 Å². The van der Waals surface area contributed by atoms with Gasteiger partial charge >= 0.3 is 0 Å². The maximum absolute atomic E-state index is 12.2. The number of carbonyl (C=O) groups excluding carboxylic acids is 1. The molecule has 4 nitrogen and oxygen atoms in total. The number of ether oxygens (including phenoxy) is 1. The fourth-order valence-corrected chi connectivity index (χ4v) is 2.80. The zero-order valence-electron chi connectivity index (χ0n) is 10.2. The molecular formula is C13H13BrN2O2. The summed E-state index contributed by atoms with van der Waals surface area (Å²) in [5.41, 5.74) is 2.00. The Labute approximate surface area is 114 Å². The first-order valence-electron chi connectivity index (χ1n) is 5.89. The minimum absolute atomic E-state index is 0.0325. The molecule has 2 aliphatic rings. The van der Waals surface area contributed by atoms with Gasteiger partial charge in [0.2, 0.25) is 0 Å². The van der Waals surface area contributed by atoms with Crippen LogP contribution in [0.5, 0.6) is 5.75 Å². The molecule has 2 atom stereocenters. The molecule has 2 aliphatic heterocycles. The topological polar surface area (TPSA) is 41.9 Å². The molecule has 0 saturated heterocycles. The molecule has 1 amide bonds. The van der Waals surface area contributed by atoms with E-state index in [2.05, 4.69) is 21.0 Å². The van der Waals surface area contributed by atoms with Crippen molar-refractivity contribution >= 4 is 27.5 Å². The van der Waals surface area contributed by atoms with Gasteiger partial charge in [0.15, 0.2) is 6.10 Å². The van der Waals surface area contributed by atoms with Crippen LogP contribution in [0.1, 0.15) is 31.9 Å². The predicted molar refractivity (Wildman–Crippen MR) is 71.5 cm³/mol. The molecule has 18 heavy (non-hydrogen) atoms. The van der Waals surface area contributed by atoms with Crippen molar-refractivity contribution in [2.75, 3.05) is 0 Å². The predicted octanol–water partition coefficient (Wildman–Crippen LogP) is 2.88. The van der Waals surface area contributed by atoms with Crippen molar-refractivity contribution in [2.24, 2.45) is 5.10 Å². The highest BCUT2D eigenvalue weighted by Gasteiger charge is 2.38. The maximum Gasteiger partial charge on any atom is 0.283 e. The minimum atomic E-state index is -0.496. The Morgan fingerprint density at radius 1 is 1.50 bits per heavy atom. The van der Waals surface area contributed by atoms with Crippen LogP contribution in [0, 0.1) is 0 Å². The van der Waals surface area contributed by atoms with Gasteiger partial charge in [-0.25, -0.2) is 5.01 Å². The second-order valence-corrected chi connectivity index (χ2v) is 5.60. The van der Waals surface area contributed by atoms with E-state index in [1.807, 2.05) is 25.1 Å². The van der Waals surface area contributed by atoms with Crippen LogP contribution < -0.4 is 4.74 Å². The maximum atomic E-state index is 12.2. The number of carbonyl (C=O) groups is 1. The van der Waals surface area contributed by atoms with Gasteiger partial charge in [0, 0.05) is 22.2 Å². The Bertz CT molecular complexity index is 556. The molecule has 1 aromatic carbocycles. The highest BCUT2D eigenvalue weighted by atomic mass is 79.9. The number of amides is 1. The Kier molecular flexibility index (Phi) is 2.66. The van der Waals surface area contributed by atoms with Crippen molar-refractivity contribution in [1.82, 2.24) is 5.01 Å². The summed E-state index contributed by atoms with van der Waals surface area (Å²) < 4.78 is 6.70. The molecule has 0 aliphatic carbocycles. The normalized spacial score (nSPS) is 26.1. The molecular weight excluding hydrogens is 296 g/mol. The van der Waals surface area contributed by atoms with Gasteiger partial charge in [0.05, 0.1) is 6.04 Å². The van der Waals surface area contributed by atoms with E-state index in [9.17, 15) is 4.79 Å². The van der Waals surface area contributed by atoms with Gasteiger partial charge in [-0.2, -0.15) is 5.10 Å². The second-order valence-electron chi connectivity index (χ2n) is 4.68. The van der Waals surface area contributed by atoms with Gasteiger partial charge in [-0.3, -0.25) is 4.79 Å². The number of hydrazone groups is 1. The smallest absolute Gasteiger partial charge is 0.283 e. The Balaban J connectivity index is 2.14. The first-order valence-corrected chi connectivity index (χ1v) is 6.69. The van der Waals surface area contributed by atoms with Crippen molar-refractivity contribution in [3.8, 4) is 5.75 Å². The van der Waals surface area contributed by atoms with E-state index in [4.69, 9.17) is 4.74 Å². The van der Waals surface area contributed by atoms with E-state index < -0.39 is 6.10 Å². The minimum Gasteiger partial charge on any atom is -0.480 e. The fourth-order valence-electron chi connectivity index (χ4n) is 2.42. The zero-order chi connectivity index (χ0) is 12.9. The van der Waals surface area contributed by atoms with Crippen LogP contribution in [0.3, 0.4) is 0 Å². The van der Waals surface area contributed by atoms with Crippen LogP contribution in [-0.2, 0) is 4.79 Å². The van der Waals surface area contributed by atoms with E-state index in [1.165, 1.54) is 0 Å². The van der Waals surface area contributed by atoms with Gasteiger partial charge in [-0.1, -0.05) is 15.9 Å². The summed E-state index contributed by atoms with van der Waals surface area (Å²) in [6.07, 6.45) is 0.273. The van der Waals surface area contributed by atoms with Crippen molar-refractivity contribution < 1.29 is 9.53 Å². The van der Waals surface area contributed by atoms with Crippen molar-refractivity contribution in [2.45, 2.75) is 32.4 Å². The van der Waals surface area contributed by atoms with Crippen molar-refractivity contribution in [3.63, 3.8) is 0 Å². The standard InChI is InChI=1S/C13H13BrN2O2/c1-7-5-11-10-6-9(14)3-4-12(10)18-8(2)13(17)16(11)15-7/h3-4,6,8,11H,5H2,1-2H3. The van der Waals surface area contributed by atoms with Gasteiger partial charge in [0.1, 0.15) is 5.75 Å². The van der Waals surface area contributed by atoms with Crippen LogP contribution >= 0.6 is 15.9 Å².